The predicted octanol–water partition coefficient (Wildman–Crippen LogP) is 3.02. The number of carbonyl (C=O) groups excluding carboxylic acids is 1. The van der Waals surface area contributed by atoms with Crippen LogP contribution in [0.3, 0.4) is 0 Å². The summed E-state index contributed by atoms with van der Waals surface area (Å²) in [6, 6.07) is 8.86. The van der Waals surface area contributed by atoms with E-state index >= 15 is 0 Å². The molecule has 0 heterocycles. The molecule has 2 rings (SSSR count). The highest BCUT2D eigenvalue weighted by Gasteiger charge is 2.26. The zero-order valence-electron chi connectivity index (χ0n) is 10.9. The van der Waals surface area contributed by atoms with Crippen molar-refractivity contribution in [3.8, 4) is 0 Å². The summed E-state index contributed by atoms with van der Waals surface area (Å²) in [6.07, 6.45) is 4.08. The molecule has 0 fully saturated rings. The van der Waals surface area contributed by atoms with Gasteiger partial charge in [-0.3, -0.25) is 4.79 Å². The third-order valence-electron chi connectivity index (χ3n) is 3.66. The van der Waals surface area contributed by atoms with Gasteiger partial charge in [-0.2, -0.15) is 0 Å². The Labute approximate surface area is 114 Å². The molecule has 1 aliphatic rings. The molecule has 1 unspecified atom stereocenters. The summed E-state index contributed by atoms with van der Waals surface area (Å²) >= 11 is 5.71. The van der Waals surface area contributed by atoms with Gasteiger partial charge in [0.25, 0.3) is 0 Å². The number of amides is 1. The van der Waals surface area contributed by atoms with Crippen LogP contribution >= 0.6 is 11.6 Å². The number of hydrogen-bond acceptors (Lipinski definition) is 1. The number of benzene rings is 1. The molecule has 0 aromatic heterocycles. The average Bonchev–Trinajstić information content (AvgIpc) is 2.43. The van der Waals surface area contributed by atoms with Gasteiger partial charge in [-0.25, -0.2) is 0 Å². The first-order chi connectivity index (χ1) is 8.76. The van der Waals surface area contributed by atoms with Crippen LogP contribution < -0.4 is 0 Å². The van der Waals surface area contributed by atoms with E-state index in [-0.39, 0.29) is 11.8 Å². The van der Waals surface area contributed by atoms with Crippen LogP contribution in [0.4, 0.5) is 0 Å². The van der Waals surface area contributed by atoms with Crippen LogP contribution in [0.1, 0.15) is 30.9 Å². The van der Waals surface area contributed by atoms with E-state index in [2.05, 4.69) is 31.2 Å². The molecule has 0 aliphatic heterocycles. The zero-order chi connectivity index (χ0) is 13.0. The number of fused-ring (bicyclic) bond motifs is 1. The number of halogens is 1. The van der Waals surface area contributed by atoms with E-state index in [9.17, 15) is 4.79 Å². The molecule has 1 amide bonds. The molecule has 98 valence electrons. The number of carbonyl (C=O) groups is 1. The fraction of sp³-hybridized carbons (Fsp3) is 0.533. The summed E-state index contributed by atoms with van der Waals surface area (Å²) in [5, 5.41) is 0. The number of nitrogens with zero attached hydrogens (tertiary/aromatic N) is 1. The lowest BCUT2D eigenvalue weighted by Gasteiger charge is -2.35. The lowest BCUT2D eigenvalue weighted by molar-refractivity contribution is -0.131. The Morgan fingerprint density at radius 3 is 2.78 bits per heavy atom. The number of hydrogen-bond donors (Lipinski definition) is 0. The van der Waals surface area contributed by atoms with E-state index < -0.39 is 0 Å². The molecule has 3 heteroatoms. The van der Waals surface area contributed by atoms with Gasteiger partial charge in [0.2, 0.25) is 5.91 Å². The molecule has 1 atom stereocenters. The summed E-state index contributed by atoms with van der Waals surface area (Å²) in [6.45, 7) is 2.92. The molecule has 0 saturated heterocycles. The van der Waals surface area contributed by atoms with Gasteiger partial charge in [0.1, 0.15) is 5.88 Å². The normalized spacial score (nSPS) is 18.2. The predicted molar refractivity (Wildman–Crippen MR) is 75.0 cm³/mol. The molecule has 0 saturated carbocycles. The van der Waals surface area contributed by atoms with E-state index in [1.807, 2.05) is 4.90 Å². The first-order valence-corrected chi connectivity index (χ1v) is 7.22. The first-order valence-electron chi connectivity index (χ1n) is 6.68. The standard InChI is InChI=1S/C15H20ClNO/c1-2-9-17(15(18)11-16)14-8-7-12-5-3-4-6-13(12)10-14/h3-6,14H,2,7-11H2,1H3. The van der Waals surface area contributed by atoms with Crippen LogP contribution in [-0.4, -0.2) is 29.3 Å². The van der Waals surface area contributed by atoms with Gasteiger partial charge in [-0.15, -0.1) is 11.6 Å². The molecular formula is C15H20ClNO. The van der Waals surface area contributed by atoms with Crippen molar-refractivity contribution in [1.29, 1.82) is 0 Å². The maximum atomic E-state index is 11.9. The third-order valence-corrected chi connectivity index (χ3v) is 3.89. The lowest BCUT2D eigenvalue weighted by Crippen LogP contribution is -2.44. The van der Waals surface area contributed by atoms with Crippen LogP contribution in [0.25, 0.3) is 0 Å². The van der Waals surface area contributed by atoms with Crippen LogP contribution in [0, 0.1) is 0 Å². The van der Waals surface area contributed by atoms with E-state index in [1.54, 1.807) is 0 Å². The molecule has 2 nitrogen and oxygen atoms in total. The minimum Gasteiger partial charge on any atom is -0.338 e. The van der Waals surface area contributed by atoms with E-state index in [1.165, 1.54) is 11.1 Å². The second-order valence-electron chi connectivity index (χ2n) is 4.89. The summed E-state index contributed by atoms with van der Waals surface area (Å²) in [5.41, 5.74) is 2.82. The Morgan fingerprint density at radius 1 is 1.39 bits per heavy atom. The smallest absolute Gasteiger partial charge is 0.237 e. The van der Waals surface area contributed by atoms with Crippen LogP contribution in [0.2, 0.25) is 0 Å². The molecule has 1 aromatic rings. The van der Waals surface area contributed by atoms with Crippen molar-refractivity contribution < 1.29 is 4.79 Å². The largest absolute Gasteiger partial charge is 0.338 e. The minimum absolute atomic E-state index is 0.0721. The maximum Gasteiger partial charge on any atom is 0.237 e. The van der Waals surface area contributed by atoms with Crippen molar-refractivity contribution in [2.45, 2.75) is 38.6 Å². The van der Waals surface area contributed by atoms with Gasteiger partial charge in [0, 0.05) is 12.6 Å². The summed E-state index contributed by atoms with van der Waals surface area (Å²) in [4.78, 5) is 13.9. The minimum atomic E-state index is 0.0721. The molecule has 1 aromatic carbocycles. The van der Waals surface area contributed by atoms with Gasteiger partial charge in [0.15, 0.2) is 0 Å². The Kier molecular flexibility index (Phi) is 4.65. The number of rotatable bonds is 4. The highest BCUT2D eigenvalue weighted by atomic mass is 35.5. The Bertz CT molecular complexity index is 419. The summed E-state index contributed by atoms with van der Waals surface area (Å²) in [7, 11) is 0. The van der Waals surface area contributed by atoms with Crippen molar-refractivity contribution in [3.05, 3.63) is 35.4 Å². The SMILES string of the molecule is CCCN(C(=O)CCl)C1CCc2ccccc2C1. The van der Waals surface area contributed by atoms with Crippen molar-refractivity contribution in [2.75, 3.05) is 12.4 Å². The number of aryl methyl sites for hydroxylation is 1. The highest BCUT2D eigenvalue weighted by molar-refractivity contribution is 6.27. The second-order valence-corrected chi connectivity index (χ2v) is 5.15. The molecule has 1 aliphatic carbocycles. The van der Waals surface area contributed by atoms with Crippen LogP contribution in [-0.2, 0) is 17.6 Å². The molecule has 0 radical (unpaired) electrons. The van der Waals surface area contributed by atoms with Gasteiger partial charge in [-0.05, 0) is 36.8 Å². The van der Waals surface area contributed by atoms with Gasteiger partial charge < -0.3 is 4.90 Å². The lowest BCUT2D eigenvalue weighted by atomic mass is 9.87. The van der Waals surface area contributed by atoms with Crippen molar-refractivity contribution in [1.82, 2.24) is 4.90 Å². The summed E-state index contributed by atoms with van der Waals surface area (Å²) in [5.74, 6) is 0.168. The van der Waals surface area contributed by atoms with Gasteiger partial charge >= 0.3 is 0 Å². The van der Waals surface area contributed by atoms with E-state index in [4.69, 9.17) is 11.6 Å². The number of alkyl halides is 1. The Balaban J connectivity index is 2.12. The second kappa shape index (κ2) is 6.24. The topological polar surface area (TPSA) is 20.3 Å². The molecular weight excluding hydrogens is 246 g/mol. The monoisotopic (exact) mass is 265 g/mol. The van der Waals surface area contributed by atoms with Gasteiger partial charge in [-0.1, -0.05) is 31.2 Å². The van der Waals surface area contributed by atoms with E-state index in [0.29, 0.717) is 6.04 Å². The van der Waals surface area contributed by atoms with E-state index in [0.717, 1.165) is 32.2 Å². The van der Waals surface area contributed by atoms with Crippen LogP contribution in [0.15, 0.2) is 24.3 Å². The first kappa shape index (κ1) is 13.4. The maximum absolute atomic E-state index is 11.9. The molecule has 0 bridgehead atoms. The Hall–Kier alpha value is -1.02. The zero-order valence-corrected chi connectivity index (χ0v) is 11.6. The molecule has 0 spiro atoms. The molecule has 0 N–H and O–H groups in total. The van der Waals surface area contributed by atoms with Crippen LogP contribution in [0.5, 0.6) is 0 Å². The summed E-state index contributed by atoms with van der Waals surface area (Å²) < 4.78 is 0. The highest BCUT2D eigenvalue weighted by Crippen LogP contribution is 2.24. The average molecular weight is 266 g/mol. The van der Waals surface area contributed by atoms with Crippen molar-refractivity contribution >= 4 is 17.5 Å². The Morgan fingerprint density at radius 2 is 2.11 bits per heavy atom. The van der Waals surface area contributed by atoms with Crippen molar-refractivity contribution in [2.24, 2.45) is 0 Å². The fourth-order valence-corrected chi connectivity index (χ4v) is 2.93. The fourth-order valence-electron chi connectivity index (χ4n) is 2.77. The third kappa shape index (κ3) is 2.86. The van der Waals surface area contributed by atoms with Gasteiger partial charge in [0.05, 0.1) is 0 Å². The molecule has 18 heavy (non-hydrogen) atoms. The van der Waals surface area contributed by atoms with Crippen molar-refractivity contribution in [3.63, 3.8) is 0 Å². The quantitative estimate of drug-likeness (QED) is 0.767.